The molecular formula is C16H27ClN4O2S. The molecule has 2 fully saturated rings. The second kappa shape index (κ2) is 6.86. The van der Waals surface area contributed by atoms with Crippen LogP contribution in [0.25, 0.3) is 0 Å². The molecular weight excluding hydrogens is 348 g/mol. The van der Waals surface area contributed by atoms with Crippen molar-refractivity contribution in [3.63, 3.8) is 0 Å². The van der Waals surface area contributed by atoms with E-state index in [9.17, 15) is 4.79 Å². The van der Waals surface area contributed by atoms with Crippen LogP contribution in [-0.4, -0.2) is 34.4 Å². The number of anilines is 1. The van der Waals surface area contributed by atoms with Gasteiger partial charge in [-0.15, -0.1) is 22.6 Å². The Hall–Kier alpha value is -0.760. The van der Waals surface area contributed by atoms with Crippen molar-refractivity contribution in [2.45, 2.75) is 58.6 Å². The van der Waals surface area contributed by atoms with E-state index in [1.54, 1.807) is 0 Å². The molecule has 0 bridgehead atoms. The number of aromatic nitrogens is 2. The van der Waals surface area contributed by atoms with Gasteiger partial charge < -0.3 is 10.5 Å². The number of amides is 1. The first-order chi connectivity index (χ1) is 10.8. The third-order valence-corrected chi connectivity index (χ3v) is 6.19. The first kappa shape index (κ1) is 19.6. The van der Waals surface area contributed by atoms with Gasteiger partial charge in [0.15, 0.2) is 0 Å². The summed E-state index contributed by atoms with van der Waals surface area (Å²) in [5.74, 6) is 0.425. The molecule has 1 aliphatic carbocycles. The van der Waals surface area contributed by atoms with Gasteiger partial charge in [-0.3, -0.25) is 10.1 Å². The maximum atomic E-state index is 12.9. The number of hydrogen-bond acceptors (Lipinski definition) is 6. The van der Waals surface area contributed by atoms with Gasteiger partial charge in [0.1, 0.15) is 10.5 Å². The third kappa shape index (κ3) is 2.96. The lowest BCUT2D eigenvalue weighted by molar-refractivity contribution is -0.222. The number of halogens is 1. The van der Waals surface area contributed by atoms with Crippen LogP contribution in [0.3, 0.4) is 0 Å². The zero-order chi connectivity index (χ0) is 16.8. The number of carbonyl (C=O) groups is 1. The van der Waals surface area contributed by atoms with Crippen LogP contribution in [0.1, 0.15) is 45.5 Å². The zero-order valence-electron chi connectivity index (χ0n) is 14.7. The van der Waals surface area contributed by atoms with Gasteiger partial charge in [0, 0.05) is 24.4 Å². The van der Waals surface area contributed by atoms with Gasteiger partial charge in [0.2, 0.25) is 11.0 Å². The fourth-order valence-electron chi connectivity index (χ4n) is 3.97. The second-order valence-corrected chi connectivity index (χ2v) is 8.75. The normalized spacial score (nSPS) is 30.9. The lowest BCUT2D eigenvalue weighted by Crippen LogP contribution is -2.81. The Bertz CT molecular complexity index is 607. The average Bonchev–Trinajstić information content (AvgIpc) is 2.92. The predicted molar refractivity (Wildman–Crippen MR) is 97.5 cm³/mol. The summed E-state index contributed by atoms with van der Waals surface area (Å²) in [7, 11) is 0. The monoisotopic (exact) mass is 374 g/mol. The van der Waals surface area contributed by atoms with Crippen LogP contribution >= 0.6 is 23.7 Å². The Labute approximate surface area is 153 Å². The minimum Gasteiger partial charge on any atom is -0.377 e. The quantitative estimate of drug-likeness (QED) is 0.845. The highest BCUT2D eigenvalue weighted by atomic mass is 35.5. The number of nitrogens with zero attached hydrogens (tertiary/aromatic N) is 2. The van der Waals surface area contributed by atoms with Crippen LogP contribution in [0.2, 0.25) is 0 Å². The van der Waals surface area contributed by atoms with Gasteiger partial charge in [-0.1, -0.05) is 39.0 Å². The van der Waals surface area contributed by atoms with Crippen molar-refractivity contribution < 1.29 is 9.53 Å². The summed E-state index contributed by atoms with van der Waals surface area (Å²) in [5, 5.41) is 12.6. The Morgan fingerprint density at radius 1 is 1.46 bits per heavy atom. The molecule has 3 rings (SSSR count). The first-order valence-electron chi connectivity index (χ1n) is 8.31. The highest BCUT2D eigenvalue weighted by molar-refractivity contribution is 7.15. The molecule has 1 saturated carbocycles. The number of rotatable bonds is 4. The predicted octanol–water partition coefficient (Wildman–Crippen LogP) is 2.63. The van der Waals surface area contributed by atoms with E-state index in [4.69, 9.17) is 10.5 Å². The van der Waals surface area contributed by atoms with Crippen LogP contribution in [0, 0.1) is 17.3 Å². The molecule has 1 amide bonds. The third-order valence-electron chi connectivity index (χ3n) is 5.33. The van der Waals surface area contributed by atoms with Crippen molar-refractivity contribution in [1.82, 2.24) is 10.2 Å². The number of ether oxygens (including phenoxy) is 1. The van der Waals surface area contributed by atoms with Crippen LogP contribution < -0.4 is 11.1 Å². The van der Waals surface area contributed by atoms with Crippen molar-refractivity contribution in [3.8, 4) is 0 Å². The number of nitrogens with one attached hydrogen (secondary N) is 1. The molecule has 0 radical (unpaired) electrons. The maximum absolute atomic E-state index is 12.9. The van der Waals surface area contributed by atoms with E-state index in [1.807, 2.05) is 13.8 Å². The van der Waals surface area contributed by atoms with E-state index in [0.717, 1.165) is 30.9 Å². The van der Waals surface area contributed by atoms with E-state index >= 15 is 0 Å². The standard InChI is InChI=1S/C16H26N4O2S.ClH/c1-9(2)8-11-19-20-14(23-11)18-13(21)16(17)10-6-5-7-22-12(10)15(16,3)4;/h9-10,12H,5-8,17H2,1-4H3,(H,18,20,21);1H. The molecule has 1 aliphatic heterocycles. The number of nitrogens with two attached hydrogens (primary N) is 1. The van der Waals surface area contributed by atoms with Crippen LogP contribution in [0.15, 0.2) is 0 Å². The van der Waals surface area contributed by atoms with E-state index in [2.05, 4.69) is 29.4 Å². The van der Waals surface area contributed by atoms with Gasteiger partial charge in [-0.05, 0) is 18.8 Å². The van der Waals surface area contributed by atoms with Crippen molar-refractivity contribution in [1.29, 1.82) is 0 Å². The first-order valence-corrected chi connectivity index (χ1v) is 9.12. The van der Waals surface area contributed by atoms with Crippen LogP contribution in [0.5, 0.6) is 0 Å². The molecule has 2 aliphatic rings. The van der Waals surface area contributed by atoms with Crippen molar-refractivity contribution >= 4 is 34.8 Å². The topological polar surface area (TPSA) is 90.1 Å². The fourth-order valence-corrected chi connectivity index (χ4v) is 4.92. The van der Waals surface area contributed by atoms with E-state index in [-0.39, 0.29) is 35.8 Å². The summed E-state index contributed by atoms with van der Waals surface area (Å²) >= 11 is 1.43. The van der Waals surface area contributed by atoms with E-state index < -0.39 is 5.54 Å². The van der Waals surface area contributed by atoms with Crippen molar-refractivity contribution in [2.24, 2.45) is 23.0 Å². The number of hydrogen-bond donors (Lipinski definition) is 2. The molecule has 1 saturated heterocycles. The summed E-state index contributed by atoms with van der Waals surface area (Å²) in [4.78, 5) is 12.9. The van der Waals surface area contributed by atoms with Gasteiger partial charge >= 0.3 is 0 Å². The average molecular weight is 375 g/mol. The molecule has 3 unspecified atom stereocenters. The van der Waals surface area contributed by atoms with E-state index in [1.165, 1.54) is 11.3 Å². The Kier molecular flexibility index (Phi) is 5.59. The minimum atomic E-state index is -0.915. The molecule has 136 valence electrons. The summed E-state index contributed by atoms with van der Waals surface area (Å²) in [6.45, 7) is 9.06. The molecule has 1 aromatic heterocycles. The molecule has 24 heavy (non-hydrogen) atoms. The lowest BCUT2D eigenvalue weighted by atomic mass is 9.46. The largest absolute Gasteiger partial charge is 0.377 e. The molecule has 3 N–H and O–H groups in total. The second-order valence-electron chi connectivity index (χ2n) is 7.68. The summed E-state index contributed by atoms with van der Waals surface area (Å²) in [6, 6.07) is 0. The fraction of sp³-hybridized carbons (Fsp3) is 0.812. The molecule has 2 heterocycles. The van der Waals surface area contributed by atoms with E-state index in [0.29, 0.717) is 11.0 Å². The van der Waals surface area contributed by atoms with Crippen LogP contribution in [-0.2, 0) is 16.0 Å². The summed E-state index contributed by atoms with van der Waals surface area (Å²) in [5.41, 5.74) is 5.28. The Morgan fingerprint density at radius 3 is 2.83 bits per heavy atom. The van der Waals surface area contributed by atoms with Crippen molar-refractivity contribution in [2.75, 3.05) is 11.9 Å². The van der Waals surface area contributed by atoms with Crippen LogP contribution in [0.4, 0.5) is 5.13 Å². The van der Waals surface area contributed by atoms with Gasteiger partial charge in [-0.2, -0.15) is 0 Å². The highest BCUT2D eigenvalue weighted by Crippen LogP contribution is 2.57. The lowest BCUT2D eigenvalue weighted by Gasteiger charge is -2.64. The molecule has 6 nitrogen and oxygen atoms in total. The Morgan fingerprint density at radius 2 is 2.17 bits per heavy atom. The van der Waals surface area contributed by atoms with Gasteiger partial charge in [-0.25, -0.2) is 0 Å². The molecule has 8 heteroatoms. The number of fused-ring (bicyclic) bond motifs is 1. The smallest absolute Gasteiger partial charge is 0.247 e. The molecule has 0 aromatic carbocycles. The molecule has 3 atom stereocenters. The summed E-state index contributed by atoms with van der Waals surface area (Å²) in [6.07, 6.45) is 2.83. The minimum absolute atomic E-state index is 0. The van der Waals surface area contributed by atoms with Gasteiger partial charge in [0.25, 0.3) is 0 Å². The highest BCUT2D eigenvalue weighted by Gasteiger charge is 2.70. The Balaban J connectivity index is 0.00000208. The van der Waals surface area contributed by atoms with Gasteiger partial charge in [0.05, 0.1) is 6.10 Å². The number of carbonyl (C=O) groups excluding carboxylic acids is 1. The van der Waals surface area contributed by atoms with Crippen molar-refractivity contribution in [3.05, 3.63) is 5.01 Å². The SMILES string of the molecule is CC(C)Cc1nnc(NC(=O)C2(N)C3CCCOC3C2(C)C)s1.Cl. The molecule has 0 spiro atoms. The maximum Gasteiger partial charge on any atom is 0.247 e. The zero-order valence-corrected chi connectivity index (χ0v) is 16.3. The molecule has 1 aromatic rings. The summed E-state index contributed by atoms with van der Waals surface area (Å²) < 4.78 is 5.85.